The molecule has 2 heterocycles. The Bertz CT molecular complexity index is 2110. The maximum Gasteiger partial charge on any atom is 0.178 e. The molecule has 3 aromatic rings. The zero-order chi connectivity index (χ0) is 32.6. The number of rotatable bonds is 5. The topological polar surface area (TPSA) is 36.1 Å². The zero-order valence-electron chi connectivity index (χ0n) is 27.6. The van der Waals surface area contributed by atoms with Crippen LogP contribution in [0.2, 0.25) is 0 Å². The molecule has 0 N–H and O–H groups in total. The second kappa shape index (κ2) is 12.2. The third-order valence-electron chi connectivity index (χ3n) is 9.34. The summed E-state index contributed by atoms with van der Waals surface area (Å²) in [5, 5.41) is 9.43. The van der Waals surface area contributed by atoms with Gasteiger partial charge >= 0.3 is 0 Å². The zero-order valence-corrected chi connectivity index (χ0v) is 27.6. The van der Waals surface area contributed by atoms with E-state index in [0.29, 0.717) is 5.56 Å². The van der Waals surface area contributed by atoms with Crippen molar-refractivity contribution in [1.29, 1.82) is 5.26 Å². The highest BCUT2D eigenvalue weighted by Gasteiger charge is 2.51. The van der Waals surface area contributed by atoms with Gasteiger partial charge in [0.15, 0.2) is 23.5 Å². The van der Waals surface area contributed by atoms with Crippen molar-refractivity contribution in [3.05, 3.63) is 146 Å². The fourth-order valence-corrected chi connectivity index (χ4v) is 7.21. The normalized spacial score (nSPS) is 17.3. The van der Waals surface area contributed by atoms with Crippen LogP contribution in [-0.4, -0.2) is 10.2 Å². The van der Waals surface area contributed by atoms with Crippen molar-refractivity contribution < 1.29 is 4.48 Å². The molecule has 0 fully saturated rings. The van der Waals surface area contributed by atoms with E-state index < -0.39 is 0 Å². The summed E-state index contributed by atoms with van der Waals surface area (Å²) >= 11 is 0. The Morgan fingerprint density at radius 3 is 2.13 bits per heavy atom. The molecule has 0 saturated heterocycles. The fraction of sp³-hybridized carbons (Fsp3) is 0.209. The van der Waals surface area contributed by atoms with E-state index in [4.69, 9.17) is 4.99 Å². The van der Waals surface area contributed by atoms with Crippen LogP contribution in [0.3, 0.4) is 0 Å². The van der Waals surface area contributed by atoms with Gasteiger partial charge in [0.05, 0.1) is 28.6 Å². The van der Waals surface area contributed by atoms with E-state index >= 15 is 0 Å². The van der Waals surface area contributed by atoms with Gasteiger partial charge in [-0.25, -0.2) is 4.99 Å². The SMILES string of the molecule is C=C(C)c1ccc(/C(C2=C(C)C3=C(c4ccccc4CC3)[N+]2(C#CC)C#CC)=C2/N=C(c3ccc(C#N)cc3)C(CC)=C2C)cc1. The molecule has 3 heteroatoms. The van der Waals surface area contributed by atoms with Gasteiger partial charge in [-0.1, -0.05) is 73.7 Å². The third-order valence-corrected chi connectivity index (χ3v) is 9.34. The van der Waals surface area contributed by atoms with Crippen LogP contribution in [0, 0.1) is 35.3 Å². The smallest absolute Gasteiger partial charge is 0.178 e. The summed E-state index contributed by atoms with van der Waals surface area (Å²) in [6, 6.07) is 34.7. The van der Waals surface area contributed by atoms with Gasteiger partial charge in [0.25, 0.3) is 0 Å². The molecular weight excluding hydrogens is 558 g/mol. The number of aryl methyl sites for hydroxylation is 1. The number of aliphatic imine (C=N–C) groups is 1. The molecule has 6 rings (SSSR count). The first-order valence-electron chi connectivity index (χ1n) is 15.9. The Kier molecular flexibility index (Phi) is 8.11. The van der Waals surface area contributed by atoms with Crippen LogP contribution in [0.25, 0.3) is 16.8 Å². The van der Waals surface area contributed by atoms with Crippen molar-refractivity contribution in [2.45, 2.75) is 60.8 Å². The minimum atomic E-state index is 0.142. The van der Waals surface area contributed by atoms with Crippen molar-refractivity contribution in [2.75, 3.05) is 0 Å². The number of nitrogens with zero attached hydrogens (tertiary/aromatic N) is 3. The number of hydrogen-bond acceptors (Lipinski definition) is 2. The average Bonchev–Trinajstić information content (AvgIpc) is 3.53. The van der Waals surface area contributed by atoms with E-state index in [2.05, 4.69) is 106 Å². The summed E-state index contributed by atoms with van der Waals surface area (Å²) in [6.45, 7) is 16.7. The number of benzene rings is 3. The molecule has 2 aliphatic heterocycles. The lowest BCUT2D eigenvalue weighted by molar-refractivity contribution is -0.663. The molecular formula is C43H38N3+. The Hall–Kier alpha value is -5.40. The lowest BCUT2D eigenvalue weighted by atomic mass is 9.87. The molecule has 0 spiro atoms. The molecule has 0 bridgehead atoms. The summed E-state index contributed by atoms with van der Waals surface area (Å²) in [4.78, 5) is 5.47. The van der Waals surface area contributed by atoms with E-state index in [0.717, 1.165) is 69.8 Å². The molecule has 0 radical (unpaired) electrons. The van der Waals surface area contributed by atoms with Gasteiger partial charge in [-0.3, -0.25) is 0 Å². The largest absolute Gasteiger partial charge is 0.247 e. The molecule has 0 saturated carbocycles. The van der Waals surface area contributed by atoms with Crippen LogP contribution in [0.15, 0.2) is 118 Å². The lowest BCUT2D eigenvalue weighted by Gasteiger charge is -2.29. The van der Waals surface area contributed by atoms with E-state index in [-0.39, 0.29) is 4.48 Å². The van der Waals surface area contributed by atoms with Crippen molar-refractivity contribution in [2.24, 2.45) is 4.99 Å². The van der Waals surface area contributed by atoms with Crippen molar-refractivity contribution in [3.63, 3.8) is 0 Å². The van der Waals surface area contributed by atoms with Crippen molar-refractivity contribution in [3.8, 4) is 30.0 Å². The molecule has 46 heavy (non-hydrogen) atoms. The summed E-state index contributed by atoms with van der Waals surface area (Å²) in [5.74, 6) is 6.58. The second-order valence-corrected chi connectivity index (χ2v) is 12.0. The molecule has 0 atom stereocenters. The number of nitriles is 1. The molecule has 3 aromatic carbocycles. The van der Waals surface area contributed by atoms with Crippen molar-refractivity contribution >= 4 is 22.6 Å². The summed E-state index contributed by atoms with van der Waals surface area (Å²) in [6.07, 6.45) is 2.75. The summed E-state index contributed by atoms with van der Waals surface area (Å²) < 4.78 is 0.142. The van der Waals surface area contributed by atoms with Crippen LogP contribution in [-0.2, 0) is 6.42 Å². The van der Waals surface area contributed by atoms with Crippen LogP contribution in [0.1, 0.15) is 87.8 Å². The molecule has 0 amide bonds. The average molecular weight is 597 g/mol. The maximum absolute atomic E-state index is 9.43. The van der Waals surface area contributed by atoms with E-state index in [1.165, 1.54) is 33.5 Å². The van der Waals surface area contributed by atoms with Crippen LogP contribution in [0.4, 0.5) is 0 Å². The number of allylic oxidation sites excluding steroid dienone is 6. The molecule has 3 aliphatic rings. The second-order valence-electron chi connectivity index (χ2n) is 12.0. The monoisotopic (exact) mass is 596 g/mol. The van der Waals surface area contributed by atoms with Gasteiger partial charge < -0.3 is 0 Å². The highest BCUT2D eigenvalue weighted by Crippen LogP contribution is 2.54. The minimum absolute atomic E-state index is 0.142. The number of quaternary nitrogens is 1. The Balaban J connectivity index is 1.72. The Morgan fingerprint density at radius 1 is 0.870 bits per heavy atom. The Morgan fingerprint density at radius 2 is 1.52 bits per heavy atom. The molecule has 0 unspecified atom stereocenters. The van der Waals surface area contributed by atoms with E-state index in [1.54, 1.807) is 0 Å². The van der Waals surface area contributed by atoms with Gasteiger partial charge in [-0.05, 0) is 97.9 Å². The predicted molar refractivity (Wildman–Crippen MR) is 190 cm³/mol. The third kappa shape index (κ3) is 4.80. The van der Waals surface area contributed by atoms with Crippen LogP contribution >= 0.6 is 0 Å². The minimum Gasteiger partial charge on any atom is -0.247 e. The number of hydrogen-bond donors (Lipinski definition) is 0. The Labute approximate surface area is 273 Å². The van der Waals surface area contributed by atoms with Gasteiger partial charge in [-0.15, -0.1) is 4.48 Å². The van der Waals surface area contributed by atoms with E-state index in [9.17, 15) is 5.26 Å². The maximum atomic E-state index is 9.43. The van der Waals surface area contributed by atoms with Gasteiger partial charge in [0, 0.05) is 36.1 Å². The standard InChI is InChI=1S/C43H38N3/c1-8-25-46(26-9-2)42(30(7)37-24-23-33-13-11-12-14-38(33)43(37)46)39(34-21-19-32(20-22-34)28(4)5)40-29(6)36(10-3)41(45-40)35-17-15-31(27-44)16-18-35/h11-22H,4,10,23-24H2,1-3,5-7H3/q+1/b40-39-. The van der Waals surface area contributed by atoms with Gasteiger partial charge in [0.2, 0.25) is 0 Å². The summed E-state index contributed by atoms with van der Waals surface area (Å²) in [5.41, 5.74) is 17.5. The molecule has 1 aliphatic carbocycles. The van der Waals surface area contributed by atoms with Gasteiger partial charge in [-0.2, -0.15) is 5.26 Å². The first-order chi connectivity index (χ1) is 22.3. The van der Waals surface area contributed by atoms with Gasteiger partial charge in [0.1, 0.15) is 0 Å². The first-order valence-corrected chi connectivity index (χ1v) is 15.9. The lowest BCUT2D eigenvalue weighted by Crippen LogP contribution is -2.35. The predicted octanol–water partition coefficient (Wildman–Crippen LogP) is 9.96. The quantitative estimate of drug-likeness (QED) is 0.213. The molecule has 3 nitrogen and oxygen atoms in total. The number of fused-ring (bicyclic) bond motifs is 2. The van der Waals surface area contributed by atoms with E-state index in [1.807, 2.05) is 45.0 Å². The fourth-order valence-electron chi connectivity index (χ4n) is 7.21. The molecule has 0 aromatic heterocycles. The van der Waals surface area contributed by atoms with Crippen LogP contribution in [0.5, 0.6) is 0 Å². The highest BCUT2D eigenvalue weighted by molar-refractivity contribution is 6.17. The van der Waals surface area contributed by atoms with Crippen LogP contribution < -0.4 is 0 Å². The molecule has 224 valence electrons. The van der Waals surface area contributed by atoms with Crippen molar-refractivity contribution in [1.82, 2.24) is 0 Å². The highest BCUT2D eigenvalue weighted by atomic mass is 15.4. The summed E-state index contributed by atoms with van der Waals surface area (Å²) in [7, 11) is 0. The first kappa shape index (κ1) is 30.6.